The molecule has 2 aliphatic rings. The molecule has 0 unspecified atom stereocenters. The highest BCUT2D eigenvalue weighted by Gasteiger charge is 2.20. The first-order chi connectivity index (χ1) is 10.6. The first-order valence-electron chi connectivity index (χ1n) is 8.84. The largest absolute Gasteiger partial charge is 0.379 e. The number of carbonyl (C=O) groups excluding carboxylic acids is 1. The van der Waals surface area contributed by atoms with Gasteiger partial charge in [0, 0.05) is 25.7 Å². The van der Waals surface area contributed by atoms with Crippen LogP contribution in [0.4, 0.5) is 0 Å². The maximum absolute atomic E-state index is 12.0. The van der Waals surface area contributed by atoms with Crippen molar-refractivity contribution >= 4 is 5.91 Å². The van der Waals surface area contributed by atoms with Crippen molar-refractivity contribution in [3.05, 3.63) is 0 Å². The zero-order chi connectivity index (χ0) is 15.8. The van der Waals surface area contributed by atoms with Gasteiger partial charge in [-0.2, -0.15) is 0 Å². The number of ether oxygens (including phenoxy) is 2. The van der Waals surface area contributed by atoms with E-state index < -0.39 is 0 Å². The summed E-state index contributed by atoms with van der Waals surface area (Å²) in [5.74, 6) is 0.752. The van der Waals surface area contributed by atoms with Gasteiger partial charge in [-0.3, -0.25) is 9.69 Å². The predicted octanol–water partition coefficient (Wildman–Crippen LogP) is 1.81. The molecule has 128 valence electrons. The number of nitrogens with one attached hydrogen (secondary N) is 1. The molecule has 1 aliphatic heterocycles. The number of carbonyl (C=O) groups is 1. The van der Waals surface area contributed by atoms with Crippen LogP contribution in [0.1, 0.15) is 46.0 Å². The standard InChI is InChI=1S/C17H32N2O3/c1-14-4-3-5-16(12-14)22-13-17(20)18-15(2)6-7-19-8-10-21-11-9-19/h14-16H,3-13H2,1-2H3,(H,18,20)/t14-,15-,16-/m1/s1. The molecule has 0 radical (unpaired) electrons. The Labute approximate surface area is 134 Å². The molecule has 1 heterocycles. The van der Waals surface area contributed by atoms with Gasteiger partial charge >= 0.3 is 0 Å². The molecule has 0 spiro atoms. The molecule has 5 heteroatoms. The summed E-state index contributed by atoms with van der Waals surface area (Å²) in [5, 5.41) is 3.05. The van der Waals surface area contributed by atoms with Gasteiger partial charge in [-0.05, 0) is 32.1 Å². The van der Waals surface area contributed by atoms with E-state index in [0.29, 0.717) is 0 Å². The average molecular weight is 312 g/mol. The summed E-state index contributed by atoms with van der Waals surface area (Å²) in [4.78, 5) is 14.4. The molecular formula is C17H32N2O3. The summed E-state index contributed by atoms with van der Waals surface area (Å²) >= 11 is 0. The number of nitrogens with zero attached hydrogens (tertiary/aromatic N) is 1. The van der Waals surface area contributed by atoms with Crippen molar-refractivity contribution in [1.29, 1.82) is 0 Å². The van der Waals surface area contributed by atoms with E-state index in [0.717, 1.165) is 58.0 Å². The van der Waals surface area contributed by atoms with Crippen molar-refractivity contribution in [3.8, 4) is 0 Å². The molecule has 1 amide bonds. The molecule has 22 heavy (non-hydrogen) atoms. The van der Waals surface area contributed by atoms with Gasteiger partial charge in [-0.25, -0.2) is 0 Å². The van der Waals surface area contributed by atoms with Crippen LogP contribution in [-0.4, -0.2) is 62.4 Å². The van der Waals surface area contributed by atoms with Gasteiger partial charge in [0.2, 0.25) is 5.91 Å². The molecule has 2 rings (SSSR count). The van der Waals surface area contributed by atoms with Crippen LogP contribution in [0.25, 0.3) is 0 Å². The van der Waals surface area contributed by atoms with Crippen LogP contribution in [0.2, 0.25) is 0 Å². The van der Waals surface area contributed by atoms with Gasteiger partial charge in [0.1, 0.15) is 6.61 Å². The lowest BCUT2D eigenvalue weighted by atomic mass is 9.89. The van der Waals surface area contributed by atoms with E-state index in [1.807, 2.05) is 0 Å². The molecule has 0 aromatic carbocycles. The molecule has 3 atom stereocenters. The summed E-state index contributed by atoms with van der Waals surface area (Å²) in [7, 11) is 0. The number of hydrogen-bond donors (Lipinski definition) is 1. The van der Waals surface area contributed by atoms with E-state index in [2.05, 4.69) is 24.1 Å². The fourth-order valence-electron chi connectivity index (χ4n) is 3.31. The van der Waals surface area contributed by atoms with E-state index in [-0.39, 0.29) is 24.7 Å². The van der Waals surface area contributed by atoms with Crippen LogP contribution >= 0.6 is 0 Å². The Morgan fingerprint density at radius 1 is 1.36 bits per heavy atom. The molecule has 0 bridgehead atoms. The Morgan fingerprint density at radius 3 is 2.86 bits per heavy atom. The van der Waals surface area contributed by atoms with E-state index in [9.17, 15) is 4.79 Å². The van der Waals surface area contributed by atoms with Crippen LogP contribution < -0.4 is 5.32 Å². The topological polar surface area (TPSA) is 50.8 Å². The highest BCUT2D eigenvalue weighted by atomic mass is 16.5. The molecule has 5 nitrogen and oxygen atoms in total. The molecule has 1 N–H and O–H groups in total. The van der Waals surface area contributed by atoms with Crippen molar-refractivity contribution < 1.29 is 14.3 Å². The first kappa shape index (κ1) is 17.7. The minimum absolute atomic E-state index is 0.0210. The number of rotatable bonds is 7. The summed E-state index contributed by atoms with van der Waals surface area (Å²) in [6.45, 7) is 9.23. The zero-order valence-corrected chi connectivity index (χ0v) is 14.2. The van der Waals surface area contributed by atoms with Crippen molar-refractivity contribution in [1.82, 2.24) is 10.2 Å². The fraction of sp³-hybridized carbons (Fsp3) is 0.941. The van der Waals surface area contributed by atoms with Gasteiger partial charge in [0.15, 0.2) is 0 Å². The Kier molecular flexibility index (Phi) is 7.63. The molecule has 0 aromatic rings. The fourth-order valence-corrected chi connectivity index (χ4v) is 3.31. The third-order valence-corrected chi connectivity index (χ3v) is 4.73. The minimum atomic E-state index is 0.0210. The molecule has 1 aliphatic carbocycles. The van der Waals surface area contributed by atoms with Crippen molar-refractivity contribution in [2.45, 2.75) is 58.1 Å². The first-order valence-corrected chi connectivity index (χ1v) is 8.84. The monoisotopic (exact) mass is 312 g/mol. The molecular weight excluding hydrogens is 280 g/mol. The van der Waals surface area contributed by atoms with Crippen LogP contribution in [-0.2, 0) is 14.3 Å². The summed E-state index contributed by atoms with van der Waals surface area (Å²) in [6, 6.07) is 0.198. The highest BCUT2D eigenvalue weighted by molar-refractivity contribution is 5.77. The van der Waals surface area contributed by atoms with E-state index in [4.69, 9.17) is 9.47 Å². The SMILES string of the molecule is C[C@@H]1CCC[C@@H](OCC(=O)N[C@H](C)CCN2CCOCC2)C1. The summed E-state index contributed by atoms with van der Waals surface area (Å²) in [5.41, 5.74) is 0. The summed E-state index contributed by atoms with van der Waals surface area (Å²) in [6.07, 6.45) is 5.97. The van der Waals surface area contributed by atoms with Crippen molar-refractivity contribution in [2.75, 3.05) is 39.5 Å². The van der Waals surface area contributed by atoms with Gasteiger partial charge < -0.3 is 14.8 Å². The number of amides is 1. The normalized spacial score (nSPS) is 28.3. The van der Waals surface area contributed by atoms with Crippen molar-refractivity contribution in [2.24, 2.45) is 5.92 Å². The maximum Gasteiger partial charge on any atom is 0.246 e. The van der Waals surface area contributed by atoms with Gasteiger partial charge in [0.25, 0.3) is 0 Å². The van der Waals surface area contributed by atoms with Crippen molar-refractivity contribution in [3.63, 3.8) is 0 Å². The highest BCUT2D eigenvalue weighted by Crippen LogP contribution is 2.25. The Bertz CT molecular complexity index is 332. The Hall–Kier alpha value is -0.650. The third kappa shape index (κ3) is 6.63. The zero-order valence-electron chi connectivity index (χ0n) is 14.2. The van der Waals surface area contributed by atoms with E-state index >= 15 is 0 Å². The quantitative estimate of drug-likeness (QED) is 0.779. The van der Waals surface area contributed by atoms with Crippen LogP contribution in [0.3, 0.4) is 0 Å². The van der Waals surface area contributed by atoms with Crippen LogP contribution in [0, 0.1) is 5.92 Å². The molecule has 0 aromatic heterocycles. The van der Waals surface area contributed by atoms with Gasteiger partial charge in [0.05, 0.1) is 19.3 Å². The molecule has 1 saturated carbocycles. The number of hydrogen-bond acceptors (Lipinski definition) is 4. The summed E-state index contributed by atoms with van der Waals surface area (Å²) < 4.78 is 11.1. The second-order valence-corrected chi connectivity index (χ2v) is 6.92. The smallest absolute Gasteiger partial charge is 0.246 e. The maximum atomic E-state index is 12.0. The lowest BCUT2D eigenvalue weighted by molar-refractivity contribution is -0.129. The second kappa shape index (κ2) is 9.48. The second-order valence-electron chi connectivity index (χ2n) is 6.92. The van der Waals surface area contributed by atoms with Crippen LogP contribution in [0.15, 0.2) is 0 Å². The van der Waals surface area contributed by atoms with E-state index in [1.165, 1.54) is 12.8 Å². The lowest BCUT2D eigenvalue weighted by Crippen LogP contribution is -2.41. The minimum Gasteiger partial charge on any atom is -0.379 e. The third-order valence-electron chi connectivity index (χ3n) is 4.73. The van der Waals surface area contributed by atoms with Crippen LogP contribution in [0.5, 0.6) is 0 Å². The Morgan fingerprint density at radius 2 is 2.14 bits per heavy atom. The Balaban J connectivity index is 1.55. The van der Waals surface area contributed by atoms with Gasteiger partial charge in [-0.15, -0.1) is 0 Å². The van der Waals surface area contributed by atoms with Gasteiger partial charge in [-0.1, -0.05) is 19.8 Å². The predicted molar refractivity (Wildman–Crippen MR) is 86.9 cm³/mol. The average Bonchev–Trinajstić information content (AvgIpc) is 2.52. The van der Waals surface area contributed by atoms with E-state index in [1.54, 1.807) is 0 Å². The molecule has 1 saturated heterocycles. The lowest BCUT2D eigenvalue weighted by Gasteiger charge is -2.28. The molecule has 2 fully saturated rings. The number of morpholine rings is 1.